The van der Waals surface area contributed by atoms with Crippen LogP contribution < -0.4 is 0 Å². The van der Waals surface area contributed by atoms with E-state index in [9.17, 15) is 14.3 Å². The number of benzene rings is 2. The lowest BCUT2D eigenvalue weighted by Gasteiger charge is -2.32. The zero-order valence-electron chi connectivity index (χ0n) is 14.5. The van der Waals surface area contributed by atoms with E-state index in [1.165, 1.54) is 6.07 Å². The summed E-state index contributed by atoms with van der Waals surface area (Å²) in [4.78, 5) is 22.1. The molecule has 27 heavy (non-hydrogen) atoms. The Kier molecular flexibility index (Phi) is 4.36. The molecule has 1 aliphatic rings. The molecule has 138 valence electrons. The van der Waals surface area contributed by atoms with Gasteiger partial charge in [0.15, 0.2) is 0 Å². The number of phenolic OH excluding ortho intramolecular Hbond substituents is 1. The van der Waals surface area contributed by atoms with Gasteiger partial charge in [0.05, 0.1) is 34.8 Å². The quantitative estimate of drug-likeness (QED) is 0.700. The van der Waals surface area contributed by atoms with Crippen molar-refractivity contribution in [1.82, 2.24) is 14.9 Å². The van der Waals surface area contributed by atoms with Gasteiger partial charge in [-0.2, -0.15) is 0 Å². The smallest absolute Gasteiger partial charge is 0.258 e. The number of aryl methyl sites for hydroxylation is 1. The number of halogens is 2. The highest BCUT2D eigenvalue weighted by Gasteiger charge is 2.33. The molecule has 2 aromatic carbocycles. The van der Waals surface area contributed by atoms with Gasteiger partial charge in [0, 0.05) is 12.5 Å². The number of hydrogen-bond acceptors (Lipinski definition) is 3. The molecule has 2 N–H and O–H groups in total. The van der Waals surface area contributed by atoms with Crippen LogP contribution in [0, 0.1) is 12.7 Å². The fraction of sp³-hybridized carbons (Fsp3) is 0.200. The van der Waals surface area contributed by atoms with Crippen LogP contribution in [-0.2, 0) is 6.54 Å². The molecule has 5 nitrogen and oxygen atoms in total. The lowest BCUT2D eigenvalue weighted by atomic mass is 9.90. The summed E-state index contributed by atoms with van der Waals surface area (Å²) in [5.41, 5.74) is 2.96. The Balaban J connectivity index is 1.74. The Labute approximate surface area is 160 Å². The summed E-state index contributed by atoms with van der Waals surface area (Å²) in [5.74, 6) is -1.20. The van der Waals surface area contributed by atoms with E-state index in [1.807, 2.05) is 6.07 Å². The summed E-state index contributed by atoms with van der Waals surface area (Å²) in [6.45, 7) is 2.33. The van der Waals surface area contributed by atoms with Crippen molar-refractivity contribution in [3.8, 4) is 5.75 Å². The van der Waals surface area contributed by atoms with Crippen LogP contribution in [0.3, 0.4) is 0 Å². The monoisotopic (exact) mass is 385 g/mol. The second-order valence-corrected chi connectivity index (χ2v) is 7.03. The Bertz CT molecular complexity index is 1030. The van der Waals surface area contributed by atoms with Gasteiger partial charge in [-0.25, -0.2) is 9.37 Å². The predicted octanol–water partition coefficient (Wildman–Crippen LogP) is 4.00. The molecule has 0 saturated heterocycles. The van der Waals surface area contributed by atoms with E-state index in [-0.39, 0.29) is 28.8 Å². The van der Waals surface area contributed by atoms with E-state index in [2.05, 4.69) is 9.97 Å². The number of nitrogens with one attached hydrogen (secondary N) is 1. The van der Waals surface area contributed by atoms with Crippen molar-refractivity contribution in [1.29, 1.82) is 0 Å². The molecular formula is C20H17ClFN3O2. The highest BCUT2D eigenvalue weighted by atomic mass is 35.5. The number of imidazole rings is 1. The molecule has 0 fully saturated rings. The largest absolute Gasteiger partial charge is 0.508 e. The number of hydrogen-bond donors (Lipinski definition) is 2. The maximum Gasteiger partial charge on any atom is 0.258 e. The van der Waals surface area contributed by atoms with Gasteiger partial charge in [-0.05, 0) is 36.2 Å². The van der Waals surface area contributed by atoms with Crippen LogP contribution in [0.4, 0.5) is 4.39 Å². The lowest BCUT2D eigenvalue weighted by Crippen LogP contribution is -2.39. The second-order valence-electron chi connectivity index (χ2n) is 6.65. The van der Waals surface area contributed by atoms with Gasteiger partial charge in [-0.15, -0.1) is 0 Å². The molecule has 4 rings (SSSR count). The number of aromatic amines is 1. The third kappa shape index (κ3) is 3.06. The molecule has 0 bridgehead atoms. The molecular weight excluding hydrogens is 369 g/mol. The molecule has 3 aromatic rings. The molecule has 1 aromatic heterocycles. The van der Waals surface area contributed by atoms with Crippen molar-refractivity contribution in [2.24, 2.45) is 0 Å². The van der Waals surface area contributed by atoms with E-state index in [4.69, 9.17) is 11.6 Å². The predicted molar refractivity (Wildman–Crippen MR) is 99.4 cm³/mol. The molecule has 1 amide bonds. The first kappa shape index (κ1) is 17.5. The van der Waals surface area contributed by atoms with Crippen LogP contribution in [0.15, 0.2) is 42.7 Å². The summed E-state index contributed by atoms with van der Waals surface area (Å²) in [7, 11) is 0. The zero-order valence-corrected chi connectivity index (χ0v) is 15.3. The number of nitrogens with zero attached hydrogens (tertiary/aromatic N) is 2. The summed E-state index contributed by atoms with van der Waals surface area (Å²) in [5, 5.41) is 9.95. The van der Waals surface area contributed by atoms with E-state index in [0.29, 0.717) is 12.1 Å². The average Bonchev–Trinajstić information content (AvgIpc) is 3.13. The number of amides is 1. The van der Waals surface area contributed by atoms with E-state index in [1.54, 1.807) is 42.4 Å². The number of fused-ring (bicyclic) bond motifs is 1. The van der Waals surface area contributed by atoms with Crippen LogP contribution in [0.2, 0.25) is 5.02 Å². The van der Waals surface area contributed by atoms with Crippen molar-refractivity contribution < 1.29 is 14.3 Å². The Morgan fingerprint density at radius 3 is 2.96 bits per heavy atom. The van der Waals surface area contributed by atoms with Gasteiger partial charge in [-0.3, -0.25) is 4.79 Å². The second kappa shape index (κ2) is 6.70. The molecule has 7 heteroatoms. The number of carbonyl (C=O) groups excluding carboxylic acids is 1. The van der Waals surface area contributed by atoms with Crippen LogP contribution in [0.25, 0.3) is 0 Å². The minimum Gasteiger partial charge on any atom is -0.508 e. The molecule has 1 atom stereocenters. The van der Waals surface area contributed by atoms with Crippen molar-refractivity contribution in [2.75, 3.05) is 6.54 Å². The first-order valence-electron chi connectivity index (χ1n) is 8.50. The van der Waals surface area contributed by atoms with Gasteiger partial charge in [0.2, 0.25) is 0 Å². The molecule has 0 saturated carbocycles. The van der Waals surface area contributed by atoms with Gasteiger partial charge >= 0.3 is 0 Å². The molecule has 2 heterocycles. The van der Waals surface area contributed by atoms with Gasteiger partial charge < -0.3 is 15.0 Å². The average molecular weight is 386 g/mol. The minimum atomic E-state index is -0.639. The molecule has 0 radical (unpaired) electrons. The van der Waals surface area contributed by atoms with Crippen LogP contribution in [0.1, 0.15) is 38.8 Å². The number of phenols is 1. The SMILES string of the molecule is Cc1ccc(F)c(C(=O)N2Cc3[nH]cnc3C(c3cccc(O)c3)C2)c1Cl. The Morgan fingerprint density at radius 1 is 1.37 bits per heavy atom. The van der Waals surface area contributed by atoms with Crippen LogP contribution in [-0.4, -0.2) is 32.4 Å². The zero-order chi connectivity index (χ0) is 19.1. The summed E-state index contributed by atoms with van der Waals surface area (Å²) in [6, 6.07) is 9.66. The van der Waals surface area contributed by atoms with Crippen LogP contribution in [0.5, 0.6) is 5.75 Å². The fourth-order valence-electron chi connectivity index (χ4n) is 3.49. The number of H-pyrrole nitrogens is 1. The van der Waals surface area contributed by atoms with E-state index < -0.39 is 11.7 Å². The molecule has 1 aliphatic heterocycles. The van der Waals surface area contributed by atoms with Gasteiger partial charge in [-0.1, -0.05) is 29.8 Å². The maximum atomic E-state index is 14.4. The minimum absolute atomic E-state index is 0.116. The normalized spacial score (nSPS) is 16.3. The van der Waals surface area contributed by atoms with Crippen molar-refractivity contribution in [3.63, 3.8) is 0 Å². The first-order chi connectivity index (χ1) is 13.0. The first-order valence-corrected chi connectivity index (χ1v) is 8.88. The third-order valence-corrected chi connectivity index (χ3v) is 5.38. The number of aromatic hydroxyl groups is 1. The molecule has 0 aliphatic carbocycles. The van der Waals surface area contributed by atoms with Crippen LogP contribution >= 0.6 is 11.6 Å². The van der Waals surface area contributed by atoms with Crippen molar-refractivity contribution in [2.45, 2.75) is 19.4 Å². The molecule has 0 spiro atoms. The molecule has 1 unspecified atom stereocenters. The Morgan fingerprint density at radius 2 is 2.19 bits per heavy atom. The van der Waals surface area contributed by atoms with Crippen molar-refractivity contribution >= 4 is 17.5 Å². The lowest BCUT2D eigenvalue weighted by molar-refractivity contribution is 0.0717. The van der Waals surface area contributed by atoms with Crippen molar-refractivity contribution in [3.05, 3.63) is 81.6 Å². The summed E-state index contributed by atoms with van der Waals surface area (Å²) in [6.07, 6.45) is 1.58. The fourth-order valence-corrected chi connectivity index (χ4v) is 3.73. The van der Waals surface area contributed by atoms with E-state index in [0.717, 1.165) is 17.0 Å². The standard InChI is InChI=1S/C20H17ClFN3O2/c1-11-5-6-15(22)17(18(11)21)20(27)25-8-14(12-3-2-4-13(26)7-12)19-16(9-25)23-10-24-19/h2-7,10,14,26H,8-9H2,1H3,(H,23,24). The summed E-state index contributed by atoms with van der Waals surface area (Å²) >= 11 is 6.23. The number of rotatable bonds is 2. The van der Waals surface area contributed by atoms with E-state index >= 15 is 0 Å². The Hall–Kier alpha value is -2.86. The van der Waals surface area contributed by atoms with Gasteiger partial charge in [0.25, 0.3) is 5.91 Å². The number of aromatic nitrogens is 2. The maximum absolute atomic E-state index is 14.4. The topological polar surface area (TPSA) is 69.2 Å². The third-order valence-electron chi connectivity index (χ3n) is 4.89. The number of carbonyl (C=O) groups is 1. The summed E-state index contributed by atoms with van der Waals surface area (Å²) < 4.78 is 14.4. The highest BCUT2D eigenvalue weighted by molar-refractivity contribution is 6.34. The highest BCUT2D eigenvalue weighted by Crippen LogP contribution is 2.34. The van der Waals surface area contributed by atoms with Gasteiger partial charge in [0.1, 0.15) is 11.6 Å².